The van der Waals surface area contributed by atoms with E-state index in [4.69, 9.17) is 9.97 Å². The molecule has 0 aliphatic rings. The van der Waals surface area contributed by atoms with Crippen LogP contribution in [-0.2, 0) is 0 Å². The van der Waals surface area contributed by atoms with Gasteiger partial charge in [-0.15, -0.1) is 11.3 Å². The van der Waals surface area contributed by atoms with Crippen molar-refractivity contribution in [2.24, 2.45) is 0 Å². The molecule has 0 N–H and O–H groups in total. The van der Waals surface area contributed by atoms with Crippen LogP contribution in [-0.4, -0.2) is 19.1 Å². The van der Waals surface area contributed by atoms with Crippen molar-refractivity contribution in [2.45, 2.75) is 0 Å². The van der Waals surface area contributed by atoms with Crippen molar-refractivity contribution < 1.29 is 0 Å². The molecule has 0 atom stereocenters. The van der Waals surface area contributed by atoms with Crippen molar-refractivity contribution in [2.75, 3.05) is 0 Å². The van der Waals surface area contributed by atoms with Crippen molar-refractivity contribution in [3.8, 4) is 34.2 Å². The van der Waals surface area contributed by atoms with Crippen LogP contribution < -0.4 is 0 Å². The Morgan fingerprint density at radius 1 is 0.400 bits per heavy atom. The molecule has 4 aromatic heterocycles. The number of benzene rings is 8. The van der Waals surface area contributed by atoms with Crippen LogP contribution in [0.1, 0.15) is 0 Å². The Kier molecular flexibility index (Phi) is 6.47. The van der Waals surface area contributed by atoms with Gasteiger partial charge >= 0.3 is 0 Å². The van der Waals surface area contributed by atoms with Gasteiger partial charge in [0, 0.05) is 64.6 Å². The van der Waals surface area contributed by atoms with Gasteiger partial charge in [0.15, 0.2) is 5.82 Å². The summed E-state index contributed by atoms with van der Waals surface area (Å²) >= 11 is 1.87. The third kappa shape index (κ3) is 4.51. The lowest BCUT2D eigenvalue weighted by atomic mass is 10.0. The average Bonchev–Trinajstić information content (AvgIpc) is 3.91. The second-order valence-electron chi connectivity index (χ2n) is 14.2. The van der Waals surface area contributed by atoms with Gasteiger partial charge in [0.2, 0.25) is 0 Å². The van der Waals surface area contributed by atoms with Crippen molar-refractivity contribution in [1.82, 2.24) is 19.1 Å². The molecule has 4 heterocycles. The molecule has 0 aliphatic heterocycles. The van der Waals surface area contributed by atoms with E-state index in [1.165, 1.54) is 63.5 Å². The molecule has 0 saturated carbocycles. The van der Waals surface area contributed by atoms with E-state index in [-0.39, 0.29) is 0 Å². The second-order valence-corrected chi connectivity index (χ2v) is 15.3. The third-order valence-corrected chi connectivity index (χ3v) is 12.2. The van der Waals surface area contributed by atoms with Gasteiger partial charge in [-0.2, -0.15) is 0 Å². The first-order valence-electron chi connectivity index (χ1n) is 18.6. The maximum Gasteiger partial charge on any atom is 0.162 e. The maximum absolute atomic E-state index is 5.38. The van der Waals surface area contributed by atoms with E-state index in [9.17, 15) is 0 Å². The fraction of sp³-hybridized carbons (Fsp3) is 0. The number of aromatic nitrogens is 4. The molecule has 12 aromatic rings. The molecule has 256 valence electrons. The van der Waals surface area contributed by atoms with Gasteiger partial charge < -0.3 is 4.57 Å². The molecule has 0 bridgehead atoms. The van der Waals surface area contributed by atoms with Crippen molar-refractivity contribution in [3.63, 3.8) is 0 Å². The first kappa shape index (κ1) is 30.4. The lowest BCUT2D eigenvalue weighted by Crippen LogP contribution is -2.02. The van der Waals surface area contributed by atoms with Crippen LogP contribution in [0.3, 0.4) is 0 Å². The van der Waals surface area contributed by atoms with Gasteiger partial charge in [-0.3, -0.25) is 4.57 Å². The van der Waals surface area contributed by atoms with E-state index in [1.807, 2.05) is 23.5 Å². The summed E-state index contributed by atoms with van der Waals surface area (Å²) in [5.41, 5.74) is 8.76. The molecule has 4 nitrogen and oxygen atoms in total. The molecule has 5 heteroatoms. The van der Waals surface area contributed by atoms with Crippen LogP contribution in [0, 0.1) is 0 Å². The number of hydrogen-bond donors (Lipinski definition) is 0. The van der Waals surface area contributed by atoms with Crippen LogP contribution in [0.2, 0.25) is 0 Å². The highest BCUT2D eigenvalue weighted by molar-refractivity contribution is 7.26. The molecule has 0 unspecified atom stereocenters. The molecule has 0 saturated heterocycles. The highest BCUT2D eigenvalue weighted by Crippen LogP contribution is 2.48. The summed E-state index contributed by atoms with van der Waals surface area (Å²) in [7, 11) is 0. The Morgan fingerprint density at radius 3 is 1.87 bits per heavy atom. The van der Waals surface area contributed by atoms with E-state index in [2.05, 4.69) is 179 Å². The molecule has 0 radical (unpaired) electrons. The van der Waals surface area contributed by atoms with E-state index in [1.54, 1.807) is 0 Å². The van der Waals surface area contributed by atoms with Crippen molar-refractivity contribution in [1.29, 1.82) is 0 Å². The zero-order valence-electron chi connectivity index (χ0n) is 29.5. The summed E-state index contributed by atoms with van der Waals surface area (Å²) in [6.45, 7) is 0. The number of rotatable bonds is 4. The largest absolute Gasteiger partial charge is 0.309 e. The molecule has 0 amide bonds. The normalized spacial score (nSPS) is 12.0. The minimum Gasteiger partial charge on any atom is -0.309 e. The number of nitrogens with zero attached hydrogens (tertiary/aromatic N) is 4. The Bertz CT molecular complexity index is 3430. The van der Waals surface area contributed by atoms with Crippen molar-refractivity contribution in [3.05, 3.63) is 182 Å². The van der Waals surface area contributed by atoms with Gasteiger partial charge in [0.25, 0.3) is 0 Å². The predicted octanol–water partition coefficient (Wildman–Crippen LogP) is 13.5. The van der Waals surface area contributed by atoms with E-state index >= 15 is 0 Å². The quantitative estimate of drug-likeness (QED) is 0.182. The minimum atomic E-state index is 0.700. The van der Waals surface area contributed by atoms with Gasteiger partial charge in [0.1, 0.15) is 5.82 Å². The number of fused-ring (bicyclic) bond motifs is 12. The SMILES string of the molecule is c1ccc(-c2cc(-n3c4ccccc4c4ccc5sc6ccc7c(c8ccccc8n7-c7ccc8ccccc8c7)c6c5c43)nc(-c3ccccc3)n2)cc1. The smallest absolute Gasteiger partial charge is 0.162 e. The topological polar surface area (TPSA) is 35.6 Å². The van der Waals surface area contributed by atoms with Crippen LogP contribution in [0.25, 0.3) is 109 Å². The molecule has 55 heavy (non-hydrogen) atoms. The van der Waals surface area contributed by atoms with Gasteiger partial charge in [-0.1, -0.05) is 133 Å². The average molecular weight is 719 g/mol. The van der Waals surface area contributed by atoms with Crippen LogP contribution in [0.4, 0.5) is 0 Å². The molecule has 12 rings (SSSR count). The Labute approximate surface area is 319 Å². The van der Waals surface area contributed by atoms with Crippen LogP contribution in [0.5, 0.6) is 0 Å². The minimum absolute atomic E-state index is 0.700. The first-order valence-corrected chi connectivity index (χ1v) is 19.4. The lowest BCUT2D eigenvalue weighted by molar-refractivity contribution is 1.05. The lowest BCUT2D eigenvalue weighted by Gasteiger charge is -2.13. The highest BCUT2D eigenvalue weighted by atomic mass is 32.1. The van der Waals surface area contributed by atoms with Crippen LogP contribution in [0.15, 0.2) is 182 Å². The zero-order chi connectivity index (χ0) is 36.0. The molecular formula is C50H30N4S. The van der Waals surface area contributed by atoms with E-state index in [0.717, 1.165) is 39.4 Å². The molecule has 0 fully saturated rings. The Balaban J connectivity index is 1.24. The fourth-order valence-electron chi connectivity index (χ4n) is 8.71. The summed E-state index contributed by atoms with van der Waals surface area (Å²) in [6, 6.07) is 65.2. The van der Waals surface area contributed by atoms with Crippen molar-refractivity contribution >= 4 is 85.9 Å². The molecule has 0 aliphatic carbocycles. The molecule has 0 spiro atoms. The number of hydrogen-bond acceptors (Lipinski definition) is 3. The summed E-state index contributed by atoms with van der Waals surface area (Å²) in [4.78, 5) is 10.5. The predicted molar refractivity (Wildman–Crippen MR) is 232 cm³/mol. The highest BCUT2D eigenvalue weighted by Gasteiger charge is 2.23. The zero-order valence-corrected chi connectivity index (χ0v) is 30.3. The summed E-state index contributed by atoms with van der Waals surface area (Å²) in [5.74, 6) is 1.54. The van der Waals surface area contributed by atoms with Gasteiger partial charge in [-0.05, 0) is 53.2 Å². The molecule has 8 aromatic carbocycles. The number of para-hydroxylation sites is 2. The monoisotopic (exact) mass is 718 g/mol. The van der Waals surface area contributed by atoms with Crippen LogP contribution >= 0.6 is 11.3 Å². The standard InChI is InChI=1S/C50H30N4S/c1-3-14-32(15-4-1)39-30-45(52-50(51-39)33-16-5-2-6-17-33)54-40-21-11-9-19-36(40)37-25-27-44-48(49(37)54)47-43(55-44)28-26-42-46(47)38-20-10-12-22-41(38)53(42)35-24-23-31-13-7-8-18-34(31)29-35/h1-30H. The summed E-state index contributed by atoms with van der Waals surface area (Å²) in [6.07, 6.45) is 0. The Hall–Kier alpha value is -7.08. The van der Waals surface area contributed by atoms with Gasteiger partial charge in [-0.25, -0.2) is 9.97 Å². The number of thiophene rings is 1. The molecular weight excluding hydrogens is 689 g/mol. The second kappa shape index (κ2) is 11.7. The fourth-order valence-corrected chi connectivity index (χ4v) is 9.83. The Morgan fingerprint density at radius 2 is 1.05 bits per heavy atom. The first-order chi connectivity index (χ1) is 27.3. The van der Waals surface area contributed by atoms with E-state index < -0.39 is 0 Å². The van der Waals surface area contributed by atoms with E-state index in [0.29, 0.717) is 5.82 Å². The third-order valence-electron chi connectivity index (χ3n) is 11.1. The maximum atomic E-state index is 5.38. The van der Waals surface area contributed by atoms with Gasteiger partial charge in [0.05, 0.1) is 27.8 Å². The summed E-state index contributed by atoms with van der Waals surface area (Å²) in [5, 5.41) is 9.93. The summed E-state index contributed by atoms with van der Waals surface area (Å²) < 4.78 is 7.35.